The summed E-state index contributed by atoms with van der Waals surface area (Å²) in [6.45, 7) is 8.96. The van der Waals surface area contributed by atoms with E-state index >= 15 is 0 Å². The van der Waals surface area contributed by atoms with Gasteiger partial charge < -0.3 is 25.3 Å². The number of imide groups is 1. The molecule has 2 atom stereocenters. The van der Waals surface area contributed by atoms with E-state index in [1.54, 1.807) is 17.0 Å². The number of nitriles is 1. The number of carbonyl (C=O) groups is 3. The van der Waals surface area contributed by atoms with Gasteiger partial charge in [0.05, 0.1) is 16.9 Å². The van der Waals surface area contributed by atoms with Crippen LogP contribution in [0, 0.1) is 28.5 Å². The lowest BCUT2D eigenvalue weighted by molar-refractivity contribution is -0.136. The number of anilines is 4. The minimum absolute atomic E-state index is 0.118. The Hall–Kier alpha value is -5.48. The van der Waals surface area contributed by atoms with Crippen molar-refractivity contribution in [1.29, 1.82) is 10.7 Å². The monoisotopic (exact) mass is 745 g/mol. The van der Waals surface area contributed by atoms with Crippen LogP contribution in [0.15, 0.2) is 54.6 Å². The van der Waals surface area contributed by atoms with E-state index < -0.39 is 17.6 Å². The second-order valence-corrected chi connectivity index (χ2v) is 15.7. The summed E-state index contributed by atoms with van der Waals surface area (Å²) in [5, 5.41) is 19.4. The smallest absolute Gasteiger partial charge is 0.255 e. The third-order valence-corrected chi connectivity index (χ3v) is 12.4. The van der Waals surface area contributed by atoms with E-state index in [0.717, 1.165) is 95.8 Å². The van der Waals surface area contributed by atoms with E-state index in [9.17, 15) is 24.0 Å². The van der Waals surface area contributed by atoms with Gasteiger partial charge in [0, 0.05) is 94.7 Å². The third-order valence-electron chi connectivity index (χ3n) is 12.4. The van der Waals surface area contributed by atoms with Crippen molar-refractivity contribution >= 4 is 46.2 Å². The molecule has 3 aromatic rings. The Balaban J connectivity index is 0.799. The van der Waals surface area contributed by atoms with E-state index in [4.69, 9.17) is 11.1 Å². The lowest BCUT2D eigenvalue weighted by atomic mass is 9.89. The Labute approximate surface area is 321 Å². The number of fused-ring (bicyclic) bond motifs is 1. The number of halogens is 1. The molecule has 5 heterocycles. The number of hydrogen-bond donors (Lipinski definition) is 3. The number of piperazine rings is 1. The maximum atomic E-state index is 14.4. The van der Waals surface area contributed by atoms with E-state index in [2.05, 4.69) is 55.2 Å². The van der Waals surface area contributed by atoms with Crippen molar-refractivity contribution in [2.24, 2.45) is 5.92 Å². The Morgan fingerprint density at radius 1 is 0.873 bits per heavy atom. The largest absolute Gasteiger partial charge is 0.396 e. The zero-order valence-corrected chi connectivity index (χ0v) is 31.1. The molecule has 5 aliphatic heterocycles. The van der Waals surface area contributed by atoms with E-state index in [1.165, 1.54) is 17.3 Å². The fraction of sp³-hybridized carbons (Fsp3) is 0.452. The fourth-order valence-corrected chi connectivity index (χ4v) is 9.28. The number of benzene rings is 3. The summed E-state index contributed by atoms with van der Waals surface area (Å²) in [6.07, 6.45) is 4.96. The second-order valence-electron chi connectivity index (χ2n) is 15.7. The first kappa shape index (κ1) is 36.5. The number of hydrogen-bond acceptors (Lipinski definition) is 10. The number of piperidine rings is 3. The second kappa shape index (κ2) is 15.3. The minimum Gasteiger partial charge on any atom is -0.396 e. The van der Waals surface area contributed by atoms with Gasteiger partial charge in [-0.2, -0.15) is 5.26 Å². The number of carbonyl (C=O) groups excluding carboxylic acids is 3. The van der Waals surface area contributed by atoms with Crippen LogP contribution in [0.1, 0.15) is 71.5 Å². The molecule has 0 radical (unpaired) electrons. The van der Waals surface area contributed by atoms with E-state index in [0.29, 0.717) is 36.1 Å². The average Bonchev–Trinajstić information content (AvgIpc) is 3.53. The third kappa shape index (κ3) is 7.35. The molecule has 286 valence electrons. The molecule has 3 amide bonds. The predicted octanol–water partition coefficient (Wildman–Crippen LogP) is 4.48. The van der Waals surface area contributed by atoms with Crippen LogP contribution in [0.4, 0.5) is 27.1 Å². The van der Waals surface area contributed by atoms with Crippen LogP contribution >= 0.6 is 0 Å². The van der Waals surface area contributed by atoms with Gasteiger partial charge in [-0.3, -0.25) is 30.0 Å². The molecule has 0 spiro atoms. The number of rotatable bonds is 8. The Morgan fingerprint density at radius 3 is 2.33 bits per heavy atom. The molecule has 12 nitrogen and oxygen atoms in total. The standard InChI is InChI=1S/C42H48FN9O3/c43-34-9-10-36(40(46)39(34)35(45)23-44)51-15-1-2-29(25-51)28-3-5-31(6-4-28)49-16-13-27(14-17-49)24-48-18-20-50(21-19-48)32-7-8-33-30(22-32)26-52(42(33)55)37-11-12-38(53)47-41(37)54/h3-10,22,27,29,37,45H,1-2,11-21,24-26,46H2,(H,47,53,54)/t29-,37?/m1/s1. The average molecular weight is 746 g/mol. The van der Waals surface area contributed by atoms with Crippen LogP contribution in [0.25, 0.3) is 0 Å². The molecule has 4 N–H and O–H groups in total. The quantitative estimate of drug-likeness (QED) is 0.172. The topological polar surface area (TPSA) is 153 Å². The number of nitrogens with one attached hydrogen (secondary N) is 2. The van der Waals surface area contributed by atoms with Crippen LogP contribution in [0.5, 0.6) is 0 Å². The summed E-state index contributed by atoms with van der Waals surface area (Å²) in [4.78, 5) is 48.4. The first-order valence-electron chi connectivity index (χ1n) is 19.6. The molecule has 5 aliphatic rings. The Morgan fingerprint density at radius 2 is 1.60 bits per heavy atom. The predicted molar refractivity (Wildman–Crippen MR) is 210 cm³/mol. The van der Waals surface area contributed by atoms with Gasteiger partial charge in [0.2, 0.25) is 11.8 Å². The molecule has 8 rings (SSSR count). The summed E-state index contributed by atoms with van der Waals surface area (Å²) >= 11 is 0. The van der Waals surface area contributed by atoms with Gasteiger partial charge in [-0.1, -0.05) is 12.1 Å². The highest BCUT2D eigenvalue weighted by Gasteiger charge is 2.39. The normalized spacial score (nSPS) is 22.4. The Bertz CT molecular complexity index is 2030. The van der Waals surface area contributed by atoms with Crippen LogP contribution in [0.2, 0.25) is 0 Å². The zero-order valence-electron chi connectivity index (χ0n) is 31.1. The molecule has 0 aromatic heterocycles. The molecule has 55 heavy (non-hydrogen) atoms. The van der Waals surface area contributed by atoms with E-state index in [-0.39, 0.29) is 35.4 Å². The van der Waals surface area contributed by atoms with Gasteiger partial charge in [-0.05, 0) is 91.6 Å². The van der Waals surface area contributed by atoms with Crippen molar-refractivity contribution in [3.63, 3.8) is 0 Å². The van der Waals surface area contributed by atoms with Crippen LogP contribution < -0.4 is 25.8 Å². The first-order chi connectivity index (χ1) is 26.7. The van der Waals surface area contributed by atoms with Crippen LogP contribution in [0.3, 0.4) is 0 Å². The molecular weight excluding hydrogens is 698 g/mol. The summed E-state index contributed by atoms with van der Waals surface area (Å²) < 4.78 is 14.4. The maximum absolute atomic E-state index is 14.4. The highest BCUT2D eigenvalue weighted by molar-refractivity contribution is 6.14. The lowest BCUT2D eigenvalue weighted by Gasteiger charge is -2.40. The maximum Gasteiger partial charge on any atom is 0.255 e. The molecule has 0 saturated carbocycles. The SMILES string of the molecule is N#CC(=N)c1c(F)ccc(N2CCC[C@@H](c3ccc(N4CCC(CN5CCN(c6ccc7c(c6)CN(C6CCC(=O)NC6=O)C7=O)CC5)CC4)cc3)C2)c1N. The molecule has 4 fully saturated rings. The molecule has 13 heteroatoms. The molecule has 4 saturated heterocycles. The van der Waals surface area contributed by atoms with E-state index in [1.807, 2.05) is 12.1 Å². The number of nitrogen functional groups attached to an aromatic ring is 1. The van der Waals surface area contributed by atoms with Gasteiger partial charge in [-0.25, -0.2) is 4.39 Å². The molecule has 1 unspecified atom stereocenters. The number of amides is 3. The highest BCUT2D eigenvalue weighted by Crippen LogP contribution is 2.36. The summed E-state index contributed by atoms with van der Waals surface area (Å²) in [5.74, 6) is -0.470. The molecule has 3 aromatic carbocycles. The fourth-order valence-electron chi connectivity index (χ4n) is 9.28. The molecule has 0 bridgehead atoms. The minimum atomic E-state index is -0.642. The van der Waals surface area contributed by atoms with Gasteiger partial charge in [0.1, 0.15) is 23.6 Å². The van der Waals surface area contributed by atoms with Crippen molar-refractivity contribution in [3.8, 4) is 6.07 Å². The molecular formula is C42H48FN9O3. The van der Waals surface area contributed by atoms with Crippen molar-refractivity contribution < 1.29 is 18.8 Å². The molecule has 0 aliphatic carbocycles. The van der Waals surface area contributed by atoms with Crippen molar-refractivity contribution in [2.75, 3.05) is 79.3 Å². The lowest BCUT2D eigenvalue weighted by Crippen LogP contribution is -2.52. The highest BCUT2D eigenvalue weighted by atomic mass is 19.1. The first-order valence-corrected chi connectivity index (χ1v) is 19.6. The van der Waals surface area contributed by atoms with Gasteiger partial charge >= 0.3 is 0 Å². The number of nitrogens with two attached hydrogens (primary N) is 1. The summed E-state index contributed by atoms with van der Waals surface area (Å²) in [7, 11) is 0. The zero-order chi connectivity index (χ0) is 38.2. The summed E-state index contributed by atoms with van der Waals surface area (Å²) in [6, 6.07) is 19.1. The van der Waals surface area contributed by atoms with Crippen molar-refractivity contribution in [1.82, 2.24) is 15.1 Å². The van der Waals surface area contributed by atoms with Gasteiger partial charge in [0.15, 0.2) is 0 Å². The van der Waals surface area contributed by atoms with Crippen LogP contribution in [-0.4, -0.2) is 98.2 Å². The van der Waals surface area contributed by atoms with Crippen LogP contribution in [-0.2, 0) is 16.1 Å². The van der Waals surface area contributed by atoms with Gasteiger partial charge in [-0.15, -0.1) is 0 Å². The van der Waals surface area contributed by atoms with Crippen molar-refractivity contribution in [2.45, 2.75) is 57.0 Å². The van der Waals surface area contributed by atoms with Crippen molar-refractivity contribution in [3.05, 3.63) is 82.7 Å². The summed E-state index contributed by atoms with van der Waals surface area (Å²) in [5.41, 5.74) is 11.8. The number of nitrogens with zero attached hydrogens (tertiary/aromatic N) is 6. The van der Waals surface area contributed by atoms with Gasteiger partial charge in [0.25, 0.3) is 5.91 Å². The Kier molecular flexibility index (Phi) is 10.2.